The van der Waals surface area contributed by atoms with Crippen LogP contribution in [0.3, 0.4) is 0 Å². The summed E-state index contributed by atoms with van der Waals surface area (Å²) >= 11 is 3.53. The van der Waals surface area contributed by atoms with E-state index in [1.807, 2.05) is 18.7 Å². The molecule has 1 N–H and O–H groups in total. The van der Waals surface area contributed by atoms with E-state index in [1.165, 1.54) is 0 Å². The molecule has 1 fully saturated rings. The molecule has 0 aromatic carbocycles. The Morgan fingerprint density at radius 2 is 2.33 bits per heavy atom. The van der Waals surface area contributed by atoms with Crippen molar-refractivity contribution in [3.63, 3.8) is 0 Å². The highest BCUT2D eigenvalue weighted by atomic mass is 79.9. The number of ether oxygens (including phenoxy) is 2. The number of nitrogens with one attached hydrogen (secondary N) is 1. The third-order valence-electron chi connectivity index (χ3n) is 3.03. The van der Waals surface area contributed by atoms with Gasteiger partial charge in [0.25, 0.3) is 0 Å². The zero-order valence-electron chi connectivity index (χ0n) is 11.1. The first-order chi connectivity index (χ1) is 8.58. The molecular weight excluding hydrogens is 298 g/mol. The van der Waals surface area contributed by atoms with E-state index in [0.717, 1.165) is 29.0 Å². The third-order valence-corrected chi connectivity index (χ3v) is 4.06. The monoisotopic (exact) mass is 317 g/mol. The summed E-state index contributed by atoms with van der Waals surface area (Å²) in [4.78, 5) is 0. The molecule has 2 unspecified atom stereocenters. The summed E-state index contributed by atoms with van der Waals surface area (Å²) in [5.41, 5.74) is 2.05. The lowest BCUT2D eigenvalue weighted by Crippen LogP contribution is -2.45. The third kappa shape index (κ3) is 3.32. The first-order valence-electron chi connectivity index (χ1n) is 6.19. The molecule has 1 aromatic rings. The standard InChI is InChI=1S/C12H20BrN3O2/c1-8-4-14-5-10(18-8)6-17-7-11-12(13)9(2)15-16(11)3/h8,10,14H,4-7H2,1-3H3. The van der Waals surface area contributed by atoms with Crippen LogP contribution in [0.2, 0.25) is 0 Å². The molecule has 1 aliphatic heterocycles. The summed E-state index contributed by atoms with van der Waals surface area (Å²) in [5.74, 6) is 0. The first kappa shape index (κ1) is 14.0. The predicted molar refractivity (Wildman–Crippen MR) is 72.5 cm³/mol. The van der Waals surface area contributed by atoms with Crippen LogP contribution in [0.25, 0.3) is 0 Å². The van der Waals surface area contributed by atoms with Crippen LogP contribution in [0.15, 0.2) is 4.47 Å². The number of aryl methyl sites for hydroxylation is 2. The zero-order chi connectivity index (χ0) is 13.1. The molecule has 0 aliphatic carbocycles. The predicted octanol–water partition coefficient (Wildman–Crippen LogP) is 1.38. The summed E-state index contributed by atoms with van der Waals surface area (Å²) < 4.78 is 14.4. The number of aromatic nitrogens is 2. The van der Waals surface area contributed by atoms with E-state index in [2.05, 4.69) is 33.3 Å². The number of halogens is 1. The first-order valence-corrected chi connectivity index (χ1v) is 6.99. The smallest absolute Gasteiger partial charge is 0.0936 e. The number of rotatable bonds is 4. The van der Waals surface area contributed by atoms with Crippen molar-refractivity contribution in [2.24, 2.45) is 7.05 Å². The van der Waals surface area contributed by atoms with Crippen molar-refractivity contribution in [2.45, 2.75) is 32.7 Å². The van der Waals surface area contributed by atoms with Gasteiger partial charge in [-0.1, -0.05) is 0 Å². The van der Waals surface area contributed by atoms with Gasteiger partial charge in [0.1, 0.15) is 0 Å². The van der Waals surface area contributed by atoms with Crippen LogP contribution in [0.1, 0.15) is 18.3 Å². The minimum Gasteiger partial charge on any atom is -0.372 e. The maximum atomic E-state index is 5.77. The summed E-state index contributed by atoms with van der Waals surface area (Å²) in [6.07, 6.45) is 0.403. The molecule has 1 aliphatic rings. The number of hydrogen-bond donors (Lipinski definition) is 1. The van der Waals surface area contributed by atoms with Crippen molar-refractivity contribution < 1.29 is 9.47 Å². The molecule has 0 spiro atoms. The highest BCUT2D eigenvalue weighted by Gasteiger charge is 2.19. The highest BCUT2D eigenvalue weighted by Crippen LogP contribution is 2.20. The fourth-order valence-electron chi connectivity index (χ4n) is 2.09. The molecule has 2 atom stereocenters. The van der Waals surface area contributed by atoms with Crippen LogP contribution in [0.5, 0.6) is 0 Å². The van der Waals surface area contributed by atoms with Gasteiger partial charge >= 0.3 is 0 Å². The second kappa shape index (κ2) is 6.14. The molecule has 1 saturated heterocycles. The Morgan fingerprint density at radius 3 is 2.94 bits per heavy atom. The zero-order valence-corrected chi connectivity index (χ0v) is 12.7. The van der Waals surface area contributed by atoms with Crippen LogP contribution < -0.4 is 5.32 Å². The fourth-order valence-corrected chi connectivity index (χ4v) is 2.54. The van der Waals surface area contributed by atoms with Gasteiger partial charge in [-0.15, -0.1) is 0 Å². The molecule has 18 heavy (non-hydrogen) atoms. The van der Waals surface area contributed by atoms with Gasteiger partial charge in [-0.05, 0) is 29.8 Å². The Morgan fingerprint density at radius 1 is 1.56 bits per heavy atom. The molecule has 6 heteroatoms. The van der Waals surface area contributed by atoms with Gasteiger partial charge < -0.3 is 14.8 Å². The normalized spacial score (nSPS) is 24.4. The van der Waals surface area contributed by atoms with E-state index in [-0.39, 0.29) is 12.2 Å². The van der Waals surface area contributed by atoms with Gasteiger partial charge in [-0.2, -0.15) is 5.10 Å². The second-order valence-electron chi connectivity index (χ2n) is 4.71. The van der Waals surface area contributed by atoms with Gasteiger partial charge in [-0.3, -0.25) is 4.68 Å². The van der Waals surface area contributed by atoms with Crippen LogP contribution in [0.4, 0.5) is 0 Å². The quantitative estimate of drug-likeness (QED) is 0.911. The summed E-state index contributed by atoms with van der Waals surface area (Å²) in [5, 5.41) is 7.66. The molecule has 0 radical (unpaired) electrons. The van der Waals surface area contributed by atoms with Gasteiger partial charge in [0.15, 0.2) is 0 Å². The summed E-state index contributed by atoms with van der Waals surface area (Å²) in [6, 6.07) is 0. The maximum absolute atomic E-state index is 5.77. The molecule has 0 amide bonds. The van der Waals surface area contributed by atoms with Gasteiger partial charge in [0.05, 0.1) is 41.3 Å². The van der Waals surface area contributed by atoms with Crippen LogP contribution in [-0.2, 0) is 23.1 Å². The average Bonchev–Trinajstić information content (AvgIpc) is 2.56. The summed E-state index contributed by atoms with van der Waals surface area (Å²) in [6.45, 7) is 6.97. The van der Waals surface area contributed by atoms with Crippen molar-refractivity contribution in [1.82, 2.24) is 15.1 Å². The molecule has 0 bridgehead atoms. The molecule has 1 aromatic heterocycles. The van der Waals surface area contributed by atoms with Crippen molar-refractivity contribution in [3.05, 3.63) is 15.9 Å². The van der Waals surface area contributed by atoms with Crippen molar-refractivity contribution in [1.29, 1.82) is 0 Å². The lowest BCUT2D eigenvalue weighted by Gasteiger charge is -2.28. The van der Waals surface area contributed by atoms with Crippen LogP contribution >= 0.6 is 15.9 Å². The fraction of sp³-hybridized carbons (Fsp3) is 0.750. The number of morpholine rings is 1. The Balaban J connectivity index is 1.81. The van der Waals surface area contributed by atoms with Gasteiger partial charge in [0, 0.05) is 20.1 Å². The SMILES string of the molecule is Cc1nn(C)c(COCC2CNCC(C)O2)c1Br. The van der Waals surface area contributed by atoms with E-state index in [1.54, 1.807) is 0 Å². The van der Waals surface area contributed by atoms with Crippen molar-refractivity contribution in [2.75, 3.05) is 19.7 Å². The highest BCUT2D eigenvalue weighted by molar-refractivity contribution is 9.10. The average molecular weight is 318 g/mol. The summed E-state index contributed by atoms with van der Waals surface area (Å²) in [7, 11) is 1.93. The Bertz CT molecular complexity index is 408. The van der Waals surface area contributed by atoms with E-state index in [4.69, 9.17) is 9.47 Å². The van der Waals surface area contributed by atoms with Crippen molar-refractivity contribution >= 4 is 15.9 Å². The molecule has 0 saturated carbocycles. The molecule has 2 heterocycles. The van der Waals surface area contributed by atoms with E-state index >= 15 is 0 Å². The van der Waals surface area contributed by atoms with Crippen LogP contribution in [-0.4, -0.2) is 41.7 Å². The largest absolute Gasteiger partial charge is 0.372 e. The van der Waals surface area contributed by atoms with Crippen molar-refractivity contribution in [3.8, 4) is 0 Å². The molecular formula is C12H20BrN3O2. The lowest BCUT2D eigenvalue weighted by atomic mass is 10.2. The van der Waals surface area contributed by atoms with E-state index in [0.29, 0.717) is 13.2 Å². The number of hydrogen-bond acceptors (Lipinski definition) is 4. The Kier molecular flexibility index (Phi) is 4.77. The Hall–Kier alpha value is -0.430. The second-order valence-corrected chi connectivity index (χ2v) is 5.50. The Labute approximate surface area is 116 Å². The minimum absolute atomic E-state index is 0.141. The van der Waals surface area contributed by atoms with Gasteiger partial charge in [-0.25, -0.2) is 0 Å². The molecule has 102 valence electrons. The lowest BCUT2D eigenvalue weighted by molar-refractivity contribution is -0.0723. The maximum Gasteiger partial charge on any atom is 0.0936 e. The van der Waals surface area contributed by atoms with E-state index < -0.39 is 0 Å². The molecule has 2 rings (SSSR count). The van der Waals surface area contributed by atoms with Gasteiger partial charge in [0.2, 0.25) is 0 Å². The topological polar surface area (TPSA) is 48.3 Å². The molecule has 5 nitrogen and oxygen atoms in total. The van der Waals surface area contributed by atoms with Crippen LogP contribution in [0, 0.1) is 6.92 Å². The number of nitrogens with zero attached hydrogens (tertiary/aromatic N) is 2. The van der Waals surface area contributed by atoms with E-state index in [9.17, 15) is 0 Å². The minimum atomic E-state index is 0.141.